The van der Waals surface area contributed by atoms with Crippen molar-refractivity contribution in [3.8, 4) is 0 Å². The second-order valence-corrected chi connectivity index (χ2v) is 7.12. The van der Waals surface area contributed by atoms with Gasteiger partial charge in [-0.25, -0.2) is 0 Å². The van der Waals surface area contributed by atoms with E-state index in [1.165, 1.54) is 0 Å². The van der Waals surface area contributed by atoms with Crippen LogP contribution in [0.25, 0.3) is 6.08 Å². The number of halogens is 2. The number of allylic oxidation sites excluding steroid dienone is 2. The maximum atomic E-state index is 14.1. The molecule has 0 saturated heterocycles. The molecule has 0 bridgehead atoms. The Bertz CT molecular complexity index is 540. The highest BCUT2D eigenvalue weighted by Gasteiger charge is 2.35. The molecule has 0 aliphatic heterocycles. The van der Waals surface area contributed by atoms with Gasteiger partial charge in [0.2, 0.25) is 0 Å². The zero-order chi connectivity index (χ0) is 18.1. The molecule has 1 saturated carbocycles. The first-order valence-electron chi connectivity index (χ1n) is 9.36. The van der Waals surface area contributed by atoms with Gasteiger partial charge in [-0.3, -0.25) is 0 Å². The summed E-state index contributed by atoms with van der Waals surface area (Å²) in [7, 11) is 0. The van der Waals surface area contributed by atoms with E-state index >= 15 is 0 Å². The van der Waals surface area contributed by atoms with Crippen molar-refractivity contribution in [3.05, 3.63) is 54.1 Å². The van der Waals surface area contributed by atoms with Crippen LogP contribution in [0.3, 0.4) is 0 Å². The molecule has 0 radical (unpaired) electrons. The molecule has 3 heteroatoms. The average molecular weight is 348 g/mol. The lowest BCUT2D eigenvalue weighted by Gasteiger charge is -2.30. The van der Waals surface area contributed by atoms with Gasteiger partial charge < -0.3 is 4.74 Å². The van der Waals surface area contributed by atoms with Gasteiger partial charge in [0.1, 0.15) is 0 Å². The second-order valence-electron chi connectivity index (χ2n) is 7.12. The van der Waals surface area contributed by atoms with E-state index in [-0.39, 0.29) is 18.9 Å². The lowest BCUT2D eigenvalue weighted by molar-refractivity contribution is -0.256. The Labute approximate surface area is 150 Å². The minimum absolute atomic E-state index is 0.0439. The molecule has 1 aromatic rings. The first-order valence-corrected chi connectivity index (χ1v) is 9.36. The Balaban J connectivity index is 1.75. The SMILES string of the molecule is C=CCC[C@H]1CC[C@H](CC(F)(F)OCc2ccc(C=CC)cc2)CC1. The van der Waals surface area contributed by atoms with Crippen molar-refractivity contribution in [3.63, 3.8) is 0 Å². The molecular weight excluding hydrogens is 318 g/mol. The predicted octanol–water partition coefficient (Wildman–Crippen LogP) is 6.99. The second kappa shape index (κ2) is 9.86. The summed E-state index contributed by atoms with van der Waals surface area (Å²) in [6.07, 6.45) is 8.74. The van der Waals surface area contributed by atoms with Gasteiger partial charge in [-0.05, 0) is 55.6 Å². The van der Waals surface area contributed by atoms with Crippen LogP contribution in [0, 0.1) is 11.8 Å². The van der Waals surface area contributed by atoms with Crippen molar-refractivity contribution in [1.82, 2.24) is 0 Å². The average Bonchev–Trinajstić information content (AvgIpc) is 2.61. The molecule has 0 atom stereocenters. The van der Waals surface area contributed by atoms with Gasteiger partial charge in [-0.15, -0.1) is 6.58 Å². The van der Waals surface area contributed by atoms with E-state index in [2.05, 4.69) is 6.58 Å². The third-order valence-corrected chi connectivity index (χ3v) is 5.06. The molecule has 0 aromatic heterocycles. The topological polar surface area (TPSA) is 9.23 Å². The summed E-state index contributed by atoms with van der Waals surface area (Å²) in [5.74, 6) is 0.756. The minimum Gasteiger partial charge on any atom is -0.316 e. The maximum absolute atomic E-state index is 14.1. The fraction of sp³-hybridized carbons (Fsp3) is 0.545. The van der Waals surface area contributed by atoms with E-state index in [0.717, 1.165) is 49.7 Å². The highest BCUT2D eigenvalue weighted by molar-refractivity contribution is 5.49. The fourth-order valence-corrected chi connectivity index (χ4v) is 3.58. The molecule has 138 valence electrons. The van der Waals surface area contributed by atoms with Gasteiger partial charge in [-0.1, -0.05) is 55.3 Å². The van der Waals surface area contributed by atoms with Crippen LogP contribution in [0.2, 0.25) is 0 Å². The number of hydrogen-bond acceptors (Lipinski definition) is 1. The summed E-state index contributed by atoms with van der Waals surface area (Å²) in [6, 6.07) is 7.52. The normalized spacial score (nSPS) is 21.6. The van der Waals surface area contributed by atoms with Crippen molar-refractivity contribution in [2.24, 2.45) is 11.8 Å². The quantitative estimate of drug-likeness (QED) is 0.437. The van der Waals surface area contributed by atoms with E-state index in [1.807, 2.05) is 49.4 Å². The molecule has 0 heterocycles. The van der Waals surface area contributed by atoms with Crippen molar-refractivity contribution in [2.45, 2.75) is 64.6 Å². The van der Waals surface area contributed by atoms with E-state index in [4.69, 9.17) is 4.74 Å². The first kappa shape index (κ1) is 19.8. The van der Waals surface area contributed by atoms with Crippen molar-refractivity contribution >= 4 is 6.08 Å². The molecular formula is C22H30F2O. The molecule has 1 aliphatic carbocycles. The zero-order valence-corrected chi connectivity index (χ0v) is 15.2. The number of hydrogen-bond donors (Lipinski definition) is 0. The molecule has 0 N–H and O–H groups in total. The van der Waals surface area contributed by atoms with E-state index in [9.17, 15) is 8.78 Å². The van der Waals surface area contributed by atoms with E-state index in [1.54, 1.807) is 0 Å². The molecule has 0 unspecified atom stereocenters. The van der Waals surface area contributed by atoms with Crippen LogP contribution < -0.4 is 0 Å². The van der Waals surface area contributed by atoms with Gasteiger partial charge in [0.05, 0.1) is 6.61 Å². The largest absolute Gasteiger partial charge is 0.356 e. The van der Waals surface area contributed by atoms with Gasteiger partial charge in [0, 0.05) is 6.42 Å². The zero-order valence-electron chi connectivity index (χ0n) is 15.2. The van der Waals surface area contributed by atoms with Gasteiger partial charge in [0.25, 0.3) is 0 Å². The first-order chi connectivity index (χ1) is 12.0. The summed E-state index contributed by atoms with van der Waals surface area (Å²) in [5.41, 5.74) is 1.84. The van der Waals surface area contributed by atoms with Crippen LogP contribution in [-0.2, 0) is 11.3 Å². The summed E-state index contributed by atoms with van der Waals surface area (Å²) < 4.78 is 33.2. The molecule has 1 nitrogen and oxygen atoms in total. The highest BCUT2D eigenvalue weighted by Crippen LogP contribution is 2.38. The minimum atomic E-state index is -3.04. The third-order valence-electron chi connectivity index (χ3n) is 5.06. The van der Waals surface area contributed by atoms with Crippen LogP contribution in [0.4, 0.5) is 8.78 Å². The Morgan fingerprint density at radius 3 is 2.36 bits per heavy atom. The molecule has 1 aliphatic rings. The van der Waals surface area contributed by atoms with Crippen LogP contribution in [-0.4, -0.2) is 6.11 Å². The number of ether oxygens (including phenoxy) is 1. The van der Waals surface area contributed by atoms with Crippen LogP contribution in [0.5, 0.6) is 0 Å². The fourth-order valence-electron chi connectivity index (χ4n) is 3.58. The Morgan fingerprint density at radius 2 is 1.76 bits per heavy atom. The van der Waals surface area contributed by atoms with Crippen LogP contribution >= 0.6 is 0 Å². The molecule has 2 rings (SSSR count). The Hall–Kier alpha value is -1.48. The van der Waals surface area contributed by atoms with Gasteiger partial charge in [-0.2, -0.15) is 8.78 Å². The van der Waals surface area contributed by atoms with Crippen LogP contribution in [0.15, 0.2) is 43.0 Å². The maximum Gasteiger partial charge on any atom is 0.356 e. The van der Waals surface area contributed by atoms with Crippen molar-refractivity contribution < 1.29 is 13.5 Å². The van der Waals surface area contributed by atoms with Crippen LogP contribution in [0.1, 0.15) is 63.0 Å². The molecule has 1 fully saturated rings. The molecule has 1 aromatic carbocycles. The number of rotatable bonds is 9. The lowest BCUT2D eigenvalue weighted by Crippen LogP contribution is -2.27. The smallest absolute Gasteiger partial charge is 0.316 e. The summed E-state index contributed by atoms with van der Waals surface area (Å²) in [5, 5.41) is 0. The monoisotopic (exact) mass is 348 g/mol. The molecule has 25 heavy (non-hydrogen) atoms. The lowest BCUT2D eigenvalue weighted by atomic mass is 9.78. The standard InChI is InChI=1S/C22H30F2O/c1-3-5-7-19-8-12-20(13-9-19)16-22(23,24)25-17-21-14-10-18(6-4-2)11-15-21/h3-4,6,10-11,14-15,19-20H,1,5,7-9,12-13,16-17H2,2H3/t19-,20-. The highest BCUT2D eigenvalue weighted by atomic mass is 19.3. The molecule has 0 amide bonds. The van der Waals surface area contributed by atoms with Gasteiger partial charge in [0.15, 0.2) is 0 Å². The summed E-state index contributed by atoms with van der Waals surface area (Å²) >= 11 is 0. The molecule has 0 spiro atoms. The Kier molecular flexibility index (Phi) is 7.83. The Morgan fingerprint density at radius 1 is 1.12 bits per heavy atom. The van der Waals surface area contributed by atoms with E-state index < -0.39 is 6.11 Å². The predicted molar refractivity (Wildman–Crippen MR) is 100 cm³/mol. The van der Waals surface area contributed by atoms with E-state index in [0.29, 0.717) is 5.92 Å². The van der Waals surface area contributed by atoms with Crippen molar-refractivity contribution in [2.75, 3.05) is 0 Å². The summed E-state index contributed by atoms with van der Waals surface area (Å²) in [6.45, 7) is 5.65. The van der Waals surface area contributed by atoms with Crippen molar-refractivity contribution in [1.29, 1.82) is 0 Å². The summed E-state index contributed by atoms with van der Waals surface area (Å²) in [4.78, 5) is 0. The number of alkyl halides is 2. The number of benzene rings is 1. The van der Waals surface area contributed by atoms with Gasteiger partial charge >= 0.3 is 6.11 Å². The third kappa shape index (κ3) is 7.11.